The molecular weight excluding hydrogens is 354 g/mol. The first kappa shape index (κ1) is 16.7. The van der Waals surface area contributed by atoms with Crippen LogP contribution in [-0.2, 0) is 4.74 Å². The number of hydrogen-bond acceptors (Lipinski definition) is 6. The van der Waals surface area contributed by atoms with E-state index in [-0.39, 0.29) is 5.75 Å². The molecule has 0 atom stereocenters. The largest absolute Gasteiger partial charge is 0.507 e. The lowest BCUT2D eigenvalue weighted by Gasteiger charge is -2.27. The third-order valence-electron chi connectivity index (χ3n) is 5.03. The zero-order valence-corrected chi connectivity index (χ0v) is 15.2. The van der Waals surface area contributed by atoms with Gasteiger partial charge in [-0.25, -0.2) is 4.98 Å². The minimum Gasteiger partial charge on any atom is -0.507 e. The van der Waals surface area contributed by atoms with Crippen LogP contribution >= 0.6 is 0 Å². The minimum absolute atomic E-state index is 0.206. The van der Waals surface area contributed by atoms with E-state index in [2.05, 4.69) is 31.1 Å². The molecule has 1 fully saturated rings. The average molecular weight is 373 g/mol. The Kier molecular flexibility index (Phi) is 4.14. The van der Waals surface area contributed by atoms with E-state index in [4.69, 9.17) is 4.74 Å². The molecule has 7 nitrogen and oxygen atoms in total. The van der Waals surface area contributed by atoms with Crippen LogP contribution in [0.4, 0.5) is 5.82 Å². The maximum Gasteiger partial charge on any atom is 0.129 e. The van der Waals surface area contributed by atoms with Crippen molar-refractivity contribution in [2.75, 3.05) is 31.2 Å². The van der Waals surface area contributed by atoms with Gasteiger partial charge in [0.25, 0.3) is 0 Å². The van der Waals surface area contributed by atoms with Crippen molar-refractivity contribution in [1.29, 1.82) is 0 Å². The van der Waals surface area contributed by atoms with E-state index in [0.717, 1.165) is 59.8 Å². The zero-order valence-electron chi connectivity index (χ0n) is 15.2. The van der Waals surface area contributed by atoms with Crippen molar-refractivity contribution in [3.63, 3.8) is 0 Å². The van der Waals surface area contributed by atoms with Gasteiger partial charge in [0, 0.05) is 48.2 Å². The topological polar surface area (TPSA) is 87.2 Å². The number of pyridine rings is 2. The highest BCUT2D eigenvalue weighted by molar-refractivity contribution is 5.96. The number of aromatic nitrogens is 4. The van der Waals surface area contributed by atoms with Crippen LogP contribution in [0.15, 0.2) is 55.0 Å². The molecule has 1 saturated heterocycles. The number of hydrogen-bond donors (Lipinski definition) is 2. The highest BCUT2D eigenvalue weighted by Gasteiger charge is 2.15. The number of H-pyrrole nitrogens is 1. The van der Waals surface area contributed by atoms with Crippen molar-refractivity contribution in [2.45, 2.75) is 0 Å². The van der Waals surface area contributed by atoms with Gasteiger partial charge >= 0.3 is 0 Å². The fourth-order valence-electron chi connectivity index (χ4n) is 3.54. The first-order valence-electron chi connectivity index (χ1n) is 9.20. The number of nitrogens with zero attached hydrogens (tertiary/aromatic N) is 4. The molecule has 3 aromatic heterocycles. The van der Waals surface area contributed by atoms with Crippen molar-refractivity contribution in [3.8, 4) is 28.1 Å². The van der Waals surface area contributed by atoms with Crippen LogP contribution in [0.25, 0.3) is 33.3 Å². The van der Waals surface area contributed by atoms with Crippen molar-refractivity contribution in [2.24, 2.45) is 0 Å². The Morgan fingerprint density at radius 2 is 1.89 bits per heavy atom. The van der Waals surface area contributed by atoms with E-state index in [1.165, 1.54) is 0 Å². The van der Waals surface area contributed by atoms with Crippen LogP contribution in [0.3, 0.4) is 0 Å². The van der Waals surface area contributed by atoms with Gasteiger partial charge in [0.2, 0.25) is 0 Å². The summed E-state index contributed by atoms with van der Waals surface area (Å²) in [5.74, 6) is 1.14. The molecule has 1 aromatic carbocycles. The number of ether oxygens (including phenoxy) is 1. The lowest BCUT2D eigenvalue weighted by atomic mass is 10.0. The molecule has 140 valence electrons. The number of benzene rings is 1. The normalized spacial score (nSPS) is 14.5. The SMILES string of the molecule is Oc1ccncc1-c1ccc2[nH]nc(-c3ccnc(N4CCOCC4)c3)c2c1. The summed E-state index contributed by atoms with van der Waals surface area (Å²) in [6.07, 6.45) is 5.06. The molecule has 7 heteroatoms. The number of rotatable bonds is 3. The van der Waals surface area contributed by atoms with Gasteiger partial charge in [-0.2, -0.15) is 5.10 Å². The molecule has 0 saturated carbocycles. The fraction of sp³-hybridized carbons (Fsp3) is 0.190. The molecule has 1 aliphatic rings. The van der Waals surface area contributed by atoms with E-state index in [0.29, 0.717) is 5.56 Å². The quantitative estimate of drug-likeness (QED) is 0.573. The van der Waals surface area contributed by atoms with Crippen LogP contribution in [0.1, 0.15) is 0 Å². The molecule has 0 unspecified atom stereocenters. The molecular formula is C21H19N5O2. The van der Waals surface area contributed by atoms with Crippen LogP contribution in [-0.4, -0.2) is 51.6 Å². The van der Waals surface area contributed by atoms with E-state index in [9.17, 15) is 5.11 Å². The number of nitrogens with one attached hydrogen (secondary N) is 1. The molecule has 4 aromatic rings. The predicted molar refractivity (Wildman–Crippen MR) is 107 cm³/mol. The molecule has 2 N–H and O–H groups in total. The Bertz CT molecular complexity index is 1130. The molecule has 0 bridgehead atoms. The predicted octanol–water partition coefficient (Wildman–Crippen LogP) is 3.23. The highest BCUT2D eigenvalue weighted by Crippen LogP contribution is 2.34. The maximum absolute atomic E-state index is 10.2. The molecule has 1 aliphatic heterocycles. The molecule has 0 spiro atoms. The lowest BCUT2D eigenvalue weighted by Crippen LogP contribution is -2.36. The van der Waals surface area contributed by atoms with Crippen LogP contribution in [0, 0.1) is 0 Å². The standard InChI is InChI=1S/C21H19N5O2/c27-19-4-5-22-13-17(19)14-1-2-18-16(11-14)21(25-24-18)15-3-6-23-20(12-15)26-7-9-28-10-8-26/h1-6,11-13H,7-10H2,(H,22,27)(H,24,25). The number of anilines is 1. The highest BCUT2D eigenvalue weighted by atomic mass is 16.5. The summed E-state index contributed by atoms with van der Waals surface area (Å²) in [7, 11) is 0. The molecule has 5 rings (SSSR count). The van der Waals surface area contributed by atoms with Crippen molar-refractivity contribution >= 4 is 16.7 Å². The second kappa shape index (κ2) is 6.94. The van der Waals surface area contributed by atoms with E-state index >= 15 is 0 Å². The van der Waals surface area contributed by atoms with Gasteiger partial charge in [0.1, 0.15) is 17.3 Å². The lowest BCUT2D eigenvalue weighted by molar-refractivity contribution is 0.122. The molecule has 0 aliphatic carbocycles. The van der Waals surface area contributed by atoms with Crippen molar-refractivity contribution < 1.29 is 9.84 Å². The Labute approximate surface area is 161 Å². The summed E-state index contributed by atoms with van der Waals surface area (Å²) in [4.78, 5) is 10.9. The Balaban J connectivity index is 1.58. The van der Waals surface area contributed by atoms with E-state index in [1.807, 2.05) is 30.5 Å². The van der Waals surface area contributed by atoms with Gasteiger partial charge in [0.15, 0.2) is 0 Å². The van der Waals surface area contributed by atoms with Crippen LogP contribution < -0.4 is 4.90 Å². The van der Waals surface area contributed by atoms with Gasteiger partial charge in [-0.15, -0.1) is 0 Å². The maximum atomic E-state index is 10.2. The molecule has 0 amide bonds. The summed E-state index contributed by atoms with van der Waals surface area (Å²) in [6.45, 7) is 3.11. The van der Waals surface area contributed by atoms with Crippen LogP contribution in [0.2, 0.25) is 0 Å². The van der Waals surface area contributed by atoms with Gasteiger partial charge < -0.3 is 14.7 Å². The van der Waals surface area contributed by atoms with Gasteiger partial charge in [-0.05, 0) is 35.9 Å². The number of morpholine rings is 1. The zero-order chi connectivity index (χ0) is 18.9. The monoisotopic (exact) mass is 373 g/mol. The van der Waals surface area contributed by atoms with E-state index < -0.39 is 0 Å². The minimum atomic E-state index is 0.206. The summed E-state index contributed by atoms with van der Waals surface area (Å²) < 4.78 is 5.43. The smallest absolute Gasteiger partial charge is 0.129 e. The van der Waals surface area contributed by atoms with E-state index in [1.54, 1.807) is 18.5 Å². The molecule has 28 heavy (non-hydrogen) atoms. The summed E-state index contributed by atoms with van der Waals surface area (Å²) in [6, 6.07) is 11.6. The summed E-state index contributed by atoms with van der Waals surface area (Å²) >= 11 is 0. The summed E-state index contributed by atoms with van der Waals surface area (Å²) in [5.41, 5.74) is 4.38. The van der Waals surface area contributed by atoms with Gasteiger partial charge in [-0.3, -0.25) is 10.1 Å². The number of aromatic amines is 1. The first-order chi connectivity index (χ1) is 13.8. The number of aromatic hydroxyl groups is 1. The van der Waals surface area contributed by atoms with Crippen LogP contribution in [0.5, 0.6) is 5.75 Å². The number of fused-ring (bicyclic) bond motifs is 1. The van der Waals surface area contributed by atoms with Gasteiger partial charge in [0.05, 0.1) is 18.7 Å². The summed E-state index contributed by atoms with van der Waals surface area (Å²) in [5, 5.41) is 18.8. The molecule has 0 radical (unpaired) electrons. The first-order valence-corrected chi connectivity index (χ1v) is 9.20. The third-order valence-corrected chi connectivity index (χ3v) is 5.03. The third kappa shape index (κ3) is 2.95. The Morgan fingerprint density at radius 1 is 1.00 bits per heavy atom. The Hall–Kier alpha value is -3.45. The fourth-order valence-corrected chi connectivity index (χ4v) is 3.54. The molecule has 4 heterocycles. The van der Waals surface area contributed by atoms with Crippen molar-refractivity contribution in [1.82, 2.24) is 20.2 Å². The van der Waals surface area contributed by atoms with Crippen molar-refractivity contribution in [3.05, 3.63) is 55.0 Å². The second-order valence-corrected chi connectivity index (χ2v) is 6.73. The van der Waals surface area contributed by atoms with Gasteiger partial charge in [-0.1, -0.05) is 6.07 Å². The average Bonchev–Trinajstić information content (AvgIpc) is 3.18. The Morgan fingerprint density at radius 3 is 2.75 bits per heavy atom. The second-order valence-electron chi connectivity index (χ2n) is 6.73.